The molecule has 0 saturated heterocycles. The van der Waals surface area contributed by atoms with Crippen molar-refractivity contribution in [3.63, 3.8) is 0 Å². The number of hydrogen-bond acceptors (Lipinski definition) is 3. The van der Waals surface area contributed by atoms with Gasteiger partial charge in [-0.1, -0.05) is 12.8 Å². The molecule has 21 heavy (non-hydrogen) atoms. The zero-order valence-corrected chi connectivity index (χ0v) is 13.4. The summed E-state index contributed by atoms with van der Waals surface area (Å²) in [5.41, 5.74) is 2.29. The van der Waals surface area contributed by atoms with Gasteiger partial charge in [0.25, 0.3) is 5.91 Å². The van der Waals surface area contributed by atoms with Gasteiger partial charge in [0.05, 0.1) is 10.6 Å². The Balaban J connectivity index is 1.78. The quantitative estimate of drug-likeness (QED) is 0.919. The predicted octanol–water partition coefficient (Wildman–Crippen LogP) is 3.70. The number of hydrogen-bond donors (Lipinski definition) is 1. The van der Waals surface area contributed by atoms with Crippen molar-refractivity contribution in [3.05, 3.63) is 33.1 Å². The van der Waals surface area contributed by atoms with Gasteiger partial charge in [-0.25, -0.2) is 0 Å². The van der Waals surface area contributed by atoms with Crippen molar-refractivity contribution in [2.45, 2.75) is 45.4 Å². The number of aromatic nitrogens is 2. The third-order valence-corrected chi connectivity index (χ3v) is 5.20. The molecule has 1 N–H and O–H groups in total. The Morgan fingerprint density at radius 3 is 2.71 bits per heavy atom. The molecule has 112 valence electrons. The van der Waals surface area contributed by atoms with Gasteiger partial charge in [0, 0.05) is 18.0 Å². The largest absolute Gasteiger partial charge is 0.306 e. The molecule has 0 radical (unpaired) electrons. The molecule has 0 unspecified atom stereocenters. The zero-order chi connectivity index (χ0) is 14.8. The number of nitrogens with zero attached hydrogens (tertiary/aromatic N) is 2. The molecule has 5 heteroatoms. The molecule has 0 atom stereocenters. The molecule has 3 rings (SSSR count). The second-order valence-corrected chi connectivity index (χ2v) is 6.86. The lowest BCUT2D eigenvalue weighted by Crippen LogP contribution is -2.13. The van der Waals surface area contributed by atoms with Crippen LogP contribution < -0.4 is 5.32 Å². The monoisotopic (exact) mass is 303 g/mol. The number of carbonyl (C=O) groups is 1. The van der Waals surface area contributed by atoms with Gasteiger partial charge in [-0.05, 0) is 44.2 Å². The zero-order valence-electron chi connectivity index (χ0n) is 12.6. The summed E-state index contributed by atoms with van der Waals surface area (Å²) in [6.07, 6.45) is 7.35. The lowest BCUT2D eigenvalue weighted by molar-refractivity contribution is 0.102. The Hall–Kier alpha value is -1.62. The van der Waals surface area contributed by atoms with Crippen LogP contribution in [-0.4, -0.2) is 15.7 Å². The van der Waals surface area contributed by atoms with Crippen molar-refractivity contribution >= 4 is 23.1 Å². The smallest absolute Gasteiger partial charge is 0.266 e. The highest BCUT2D eigenvalue weighted by Crippen LogP contribution is 2.29. The normalized spacial score (nSPS) is 15.1. The number of aryl methyl sites for hydroxylation is 4. The van der Waals surface area contributed by atoms with Gasteiger partial charge in [0.1, 0.15) is 5.82 Å². The maximum Gasteiger partial charge on any atom is 0.266 e. The topological polar surface area (TPSA) is 46.9 Å². The molecule has 0 aliphatic heterocycles. The van der Waals surface area contributed by atoms with E-state index in [1.54, 1.807) is 16.0 Å². The van der Waals surface area contributed by atoms with Gasteiger partial charge in [-0.2, -0.15) is 5.10 Å². The molecule has 2 aromatic heterocycles. The summed E-state index contributed by atoms with van der Waals surface area (Å²) in [5, 5.41) is 7.21. The van der Waals surface area contributed by atoms with Crippen LogP contribution in [0.15, 0.2) is 12.1 Å². The molecule has 2 heterocycles. The van der Waals surface area contributed by atoms with Crippen LogP contribution in [0, 0.1) is 6.92 Å². The molecule has 1 amide bonds. The van der Waals surface area contributed by atoms with Crippen molar-refractivity contribution in [1.29, 1.82) is 0 Å². The number of rotatable bonds is 2. The van der Waals surface area contributed by atoms with Crippen LogP contribution in [-0.2, 0) is 19.9 Å². The van der Waals surface area contributed by atoms with Crippen molar-refractivity contribution in [2.75, 3.05) is 5.32 Å². The molecule has 2 aromatic rings. The molecule has 0 fully saturated rings. The SMILES string of the molecule is Cc1cc(NC(=O)c2cc3c(s2)CCCCCC3)n(C)n1. The Morgan fingerprint density at radius 2 is 2.00 bits per heavy atom. The fourth-order valence-corrected chi connectivity index (χ4v) is 4.01. The van der Waals surface area contributed by atoms with Gasteiger partial charge in [-0.15, -0.1) is 11.3 Å². The van der Waals surface area contributed by atoms with Gasteiger partial charge in [-0.3, -0.25) is 9.48 Å². The maximum atomic E-state index is 12.4. The van der Waals surface area contributed by atoms with Crippen molar-refractivity contribution < 1.29 is 4.79 Å². The van der Waals surface area contributed by atoms with E-state index < -0.39 is 0 Å². The third kappa shape index (κ3) is 3.18. The lowest BCUT2D eigenvalue weighted by atomic mass is 10.00. The van der Waals surface area contributed by atoms with Gasteiger partial charge in [0.2, 0.25) is 0 Å². The van der Waals surface area contributed by atoms with Crippen molar-refractivity contribution in [3.8, 4) is 0 Å². The standard InChI is InChI=1S/C16H21N3OS/c1-11-9-15(19(2)18-11)17-16(20)14-10-12-7-5-3-4-6-8-13(12)21-14/h9-10H,3-8H2,1-2H3,(H,17,20). The number of amides is 1. The third-order valence-electron chi connectivity index (χ3n) is 3.96. The highest BCUT2D eigenvalue weighted by Gasteiger charge is 2.17. The number of thiophene rings is 1. The highest BCUT2D eigenvalue weighted by atomic mass is 32.1. The number of anilines is 1. The number of nitrogens with one attached hydrogen (secondary N) is 1. The first-order valence-corrected chi connectivity index (χ1v) is 8.39. The van der Waals surface area contributed by atoms with E-state index >= 15 is 0 Å². The van der Waals surface area contributed by atoms with Gasteiger partial charge < -0.3 is 5.32 Å². The van der Waals surface area contributed by atoms with E-state index in [4.69, 9.17) is 0 Å². The fraction of sp³-hybridized carbons (Fsp3) is 0.500. The van der Waals surface area contributed by atoms with Gasteiger partial charge in [0.15, 0.2) is 0 Å². The Bertz CT molecular complexity index is 631. The second-order valence-electron chi connectivity index (χ2n) is 5.72. The number of carbonyl (C=O) groups excluding carboxylic acids is 1. The summed E-state index contributed by atoms with van der Waals surface area (Å²) in [6, 6.07) is 3.98. The fourth-order valence-electron chi connectivity index (χ4n) is 2.86. The molecule has 1 aliphatic rings. The maximum absolute atomic E-state index is 12.4. The van der Waals surface area contributed by atoms with E-state index in [2.05, 4.69) is 16.5 Å². The van der Waals surface area contributed by atoms with E-state index in [9.17, 15) is 4.79 Å². The van der Waals surface area contributed by atoms with Crippen LogP contribution in [0.5, 0.6) is 0 Å². The van der Waals surface area contributed by atoms with Crippen LogP contribution in [0.25, 0.3) is 0 Å². The van der Waals surface area contributed by atoms with Crippen LogP contribution in [0.2, 0.25) is 0 Å². The molecule has 0 saturated carbocycles. The summed E-state index contributed by atoms with van der Waals surface area (Å²) in [4.78, 5) is 14.6. The minimum Gasteiger partial charge on any atom is -0.306 e. The van der Waals surface area contributed by atoms with E-state index in [0.29, 0.717) is 0 Å². The average molecular weight is 303 g/mol. The van der Waals surface area contributed by atoms with Crippen LogP contribution in [0.4, 0.5) is 5.82 Å². The lowest BCUT2D eigenvalue weighted by Gasteiger charge is -2.07. The predicted molar refractivity (Wildman–Crippen MR) is 86.1 cm³/mol. The summed E-state index contributed by atoms with van der Waals surface area (Å²) in [5.74, 6) is 0.730. The average Bonchev–Trinajstić information content (AvgIpc) is 2.93. The minimum absolute atomic E-state index is 0.0188. The molecular formula is C16H21N3OS. The van der Waals surface area contributed by atoms with Crippen LogP contribution >= 0.6 is 11.3 Å². The van der Waals surface area contributed by atoms with Gasteiger partial charge >= 0.3 is 0 Å². The number of fused-ring (bicyclic) bond motifs is 1. The highest BCUT2D eigenvalue weighted by molar-refractivity contribution is 7.14. The first-order chi connectivity index (χ1) is 10.1. The summed E-state index contributed by atoms with van der Waals surface area (Å²) >= 11 is 1.66. The van der Waals surface area contributed by atoms with Crippen molar-refractivity contribution in [2.24, 2.45) is 7.05 Å². The first-order valence-electron chi connectivity index (χ1n) is 7.57. The summed E-state index contributed by atoms with van der Waals surface area (Å²) in [7, 11) is 1.84. The van der Waals surface area contributed by atoms with E-state index in [-0.39, 0.29) is 5.91 Å². The molecule has 1 aliphatic carbocycles. The Morgan fingerprint density at radius 1 is 1.24 bits per heavy atom. The summed E-state index contributed by atoms with van der Waals surface area (Å²) < 4.78 is 1.71. The van der Waals surface area contributed by atoms with E-state index in [0.717, 1.165) is 29.2 Å². The van der Waals surface area contributed by atoms with E-state index in [1.165, 1.54) is 36.1 Å². The van der Waals surface area contributed by atoms with Crippen LogP contribution in [0.1, 0.15) is 51.5 Å². The molecule has 4 nitrogen and oxygen atoms in total. The molecule has 0 bridgehead atoms. The minimum atomic E-state index is -0.0188. The summed E-state index contributed by atoms with van der Waals surface area (Å²) in [6.45, 7) is 1.92. The Kier molecular flexibility index (Phi) is 4.10. The first kappa shape index (κ1) is 14.3. The molecule has 0 aromatic carbocycles. The molecular weight excluding hydrogens is 282 g/mol. The second kappa shape index (κ2) is 6.02. The van der Waals surface area contributed by atoms with E-state index in [1.807, 2.05) is 20.0 Å². The molecule has 0 spiro atoms. The van der Waals surface area contributed by atoms with Crippen molar-refractivity contribution in [1.82, 2.24) is 9.78 Å². The Labute approximate surface area is 129 Å². The van der Waals surface area contributed by atoms with Crippen LogP contribution in [0.3, 0.4) is 0 Å².